The molecule has 1 aromatic rings. The Labute approximate surface area is 96.0 Å². The van der Waals surface area contributed by atoms with Gasteiger partial charge in [0.2, 0.25) is 0 Å². The summed E-state index contributed by atoms with van der Waals surface area (Å²) in [5.41, 5.74) is 1.10. The zero-order chi connectivity index (χ0) is 11.6. The van der Waals surface area contributed by atoms with Crippen molar-refractivity contribution in [3.05, 3.63) is 35.9 Å². The number of rotatable bonds is 3. The summed E-state index contributed by atoms with van der Waals surface area (Å²) in [5, 5.41) is 9.03. The SMILES string of the molecule is CC1(C)O[C@@H](CCO)[C@H](c2ccccc2)O1. The Hall–Kier alpha value is -0.900. The van der Waals surface area contributed by atoms with Crippen LogP contribution in [-0.4, -0.2) is 23.6 Å². The van der Waals surface area contributed by atoms with Gasteiger partial charge in [-0.2, -0.15) is 0 Å². The van der Waals surface area contributed by atoms with E-state index in [1.165, 1.54) is 0 Å². The van der Waals surface area contributed by atoms with Crippen molar-refractivity contribution in [1.29, 1.82) is 0 Å². The first-order chi connectivity index (χ1) is 7.62. The quantitative estimate of drug-likeness (QED) is 0.852. The number of aliphatic hydroxyl groups is 1. The third-order valence-corrected chi connectivity index (χ3v) is 2.73. The molecular weight excluding hydrogens is 204 g/mol. The lowest BCUT2D eigenvalue weighted by atomic mass is 10.0. The van der Waals surface area contributed by atoms with Crippen molar-refractivity contribution in [2.24, 2.45) is 0 Å². The van der Waals surface area contributed by atoms with Crippen molar-refractivity contribution < 1.29 is 14.6 Å². The highest BCUT2D eigenvalue weighted by molar-refractivity contribution is 5.19. The summed E-state index contributed by atoms with van der Waals surface area (Å²) < 4.78 is 11.6. The van der Waals surface area contributed by atoms with Gasteiger partial charge in [0.15, 0.2) is 5.79 Å². The van der Waals surface area contributed by atoms with Crippen molar-refractivity contribution in [3.63, 3.8) is 0 Å². The second kappa shape index (κ2) is 4.53. The maximum Gasteiger partial charge on any atom is 0.164 e. The molecule has 0 aromatic heterocycles. The molecule has 3 nitrogen and oxygen atoms in total. The molecule has 1 heterocycles. The molecule has 1 fully saturated rings. The first-order valence-corrected chi connectivity index (χ1v) is 5.64. The minimum absolute atomic E-state index is 0.0672. The Kier molecular flexibility index (Phi) is 3.28. The Morgan fingerprint density at radius 1 is 1.19 bits per heavy atom. The molecular formula is C13H18O3. The highest BCUT2D eigenvalue weighted by Gasteiger charge is 2.41. The molecule has 1 aliphatic rings. The third-order valence-electron chi connectivity index (χ3n) is 2.73. The molecule has 0 amide bonds. The second-order valence-corrected chi connectivity index (χ2v) is 4.52. The van der Waals surface area contributed by atoms with Gasteiger partial charge in [0.05, 0.1) is 6.10 Å². The summed E-state index contributed by atoms with van der Waals surface area (Å²) in [6, 6.07) is 10.0. The molecule has 0 spiro atoms. The normalized spacial score (nSPS) is 28.2. The van der Waals surface area contributed by atoms with Crippen molar-refractivity contribution in [3.8, 4) is 0 Å². The lowest BCUT2D eigenvalue weighted by Crippen LogP contribution is -2.21. The summed E-state index contributed by atoms with van der Waals surface area (Å²) >= 11 is 0. The molecule has 2 rings (SSSR count). The smallest absolute Gasteiger partial charge is 0.164 e. The lowest BCUT2D eigenvalue weighted by Gasteiger charge is -2.16. The van der Waals surface area contributed by atoms with E-state index in [1.54, 1.807) is 0 Å². The number of ether oxygens (including phenoxy) is 2. The molecule has 0 radical (unpaired) electrons. The van der Waals surface area contributed by atoms with Crippen LogP contribution in [0.1, 0.15) is 31.9 Å². The molecule has 1 saturated heterocycles. The van der Waals surface area contributed by atoms with Gasteiger partial charge in [-0.3, -0.25) is 0 Å². The van der Waals surface area contributed by atoms with Crippen LogP contribution in [0.3, 0.4) is 0 Å². The van der Waals surface area contributed by atoms with Crippen molar-refractivity contribution >= 4 is 0 Å². The molecule has 1 aliphatic heterocycles. The zero-order valence-corrected chi connectivity index (χ0v) is 9.72. The van der Waals surface area contributed by atoms with E-state index < -0.39 is 5.79 Å². The molecule has 0 saturated carbocycles. The van der Waals surface area contributed by atoms with E-state index in [0.29, 0.717) is 6.42 Å². The van der Waals surface area contributed by atoms with Crippen LogP contribution in [0.5, 0.6) is 0 Å². The van der Waals surface area contributed by atoms with Gasteiger partial charge in [-0.25, -0.2) is 0 Å². The average Bonchev–Trinajstić information content (AvgIpc) is 2.56. The summed E-state index contributed by atoms with van der Waals surface area (Å²) in [6.07, 6.45) is 0.453. The van der Waals surface area contributed by atoms with Crippen LogP contribution in [0.2, 0.25) is 0 Å². The average molecular weight is 222 g/mol. The Morgan fingerprint density at radius 3 is 2.50 bits per heavy atom. The van der Waals surface area contributed by atoms with E-state index in [1.807, 2.05) is 44.2 Å². The van der Waals surface area contributed by atoms with E-state index in [2.05, 4.69) is 0 Å². The maximum atomic E-state index is 9.03. The maximum absolute atomic E-state index is 9.03. The molecule has 88 valence electrons. The first-order valence-electron chi connectivity index (χ1n) is 5.64. The Bertz CT molecular complexity index is 334. The van der Waals surface area contributed by atoms with Crippen molar-refractivity contribution in [1.82, 2.24) is 0 Å². The molecule has 0 unspecified atom stereocenters. The van der Waals surface area contributed by atoms with Crippen LogP contribution in [0.4, 0.5) is 0 Å². The number of hydrogen-bond donors (Lipinski definition) is 1. The van der Waals surface area contributed by atoms with Gasteiger partial charge in [-0.15, -0.1) is 0 Å². The number of hydrogen-bond acceptors (Lipinski definition) is 3. The third kappa shape index (κ3) is 2.43. The van der Waals surface area contributed by atoms with Crippen LogP contribution in [0.15, 0.2) is 30.3 Å². The zero-order valence-electron chi connectivity index (χ0n) is 9.72. The summed E-state index contributed by atoms with van der Waals surface area (Å²) in [5.74, 6) is -0.569. The molecule has 2 atom stereocenters. The summed E-state index contributed by atoms with van der Waals surface area (Å²) in [4.78, 5) is 0. The molecule has 1 N–H and O–H groups in total. The fraction of sp³-hybridized carbons (Fsp3) is 0.538. The fourth-order valence-corrected chi connectivity index (χ4v) is 2.10. The van der Waals surface area contributed by atoms with Crippen LogP contribution in [-0.2, 0) is 9.47 Å². The summed E-state index contributed by atoms with van der Waals surface area (Å²) in [7, 11) is 0. The van der Waals surface area contributed by atoms with Gasteiger partial charge in [-0.05, 0) is 25.8 Å². The van der Waals surface area contributed by atoms with Gasteiger partial charge < -0.3 is 14.6 Å². The largest absolute Gasteiger partial charge is 0.396 e. The second-order valence-electron chi connectivity index (χ2n) is 4.52. The standard InChI is InChI=1S/C13H18O3/c1-13(2)15-11(8-9-14)12(16-13)10-6-4-3-5-7-10/h3-7,11-12,14H,8-9H2,1-2H3/t11-,12-/m0/s1. The fourth-order valence-electron chi connectivity index (χ4n) is 2.10. The minimum atomic E-state index is -0.569. The van der Waals surface area contributed by atoms with E-state index in [9.17, 15) is 0 Å². The monoisotopic (exact) mass is 222 g/mol. The van der Waals surface area contributed by atoms with Crippen LogP contribution in [0, 0.1) is 0 Å². The van der Waals surface area contributed by atoms with Gasteiger partial charge in [0, 0.05) is 6.61 Å². The van der Waals surface area contributed by atoms with Gasteiger partial charge in [-0.1, -0.05) is 30.3 Å². The van der Waals surface area contributed by atoms with Gasteiger partial charge in [0.1, 0.15) is 6.10 Å². The van der Waals surface area contributed by atoms with Crippen LogP contribution >= 0.6 is 0 Å². The minimum Gasteiger partial charge on any atom is -0.396 e. The molecule has 3 heteroatoms. The van der Waals surface area contributed by atoms with E-state index in [-0.39, 0.29) is 18.8 Å². The number of benzene rings is 1. The molecule has 16 heavy (non-hydrogen) atoms. The van der Waals surface area contributed by atoms with Crippen molar-refractivity contribution in [2.75, 3.05) is 6.61 Å². The van der Waals surface area contributed by atoms with E-state index >= 15 is 0 Å². The van der Waals surface area contributed by atoms with Gasteiger partial charge in [0.25, 0.3) is 0 Å². The molecule has 0 aliphatic carbocycles. The van der Waals surface area contributed by atoms with E-state index in [0.717, 1.165) is 5.56 Å². The predicted octanol–water partition coefficient (Wildman–Crippen LogP) is 2.26. The molecule has 0 bridgehead atoms. The lowest BCUT2D eigenvalue weighted by molar-refractivity contribution is -0.147. The van der Waals surface area contributed by atoms with Gasteiger partial charge >= 0.3 is 0 Å². The Morgan fingerprint density at radius 2 is 1.88 bits per heavy atom. The topological polar surface area (TPSA) is 38.7 Å². The molecule has 1 aromatic carbocycles. The highest BCUT2D eigenvalue weighted by Crippen LogP contribution is 2.39. The Balaban J connectivity index is 2.19. The first kappa shape index (κ1) is 11.6. The highest BCUT2D eigenvalue weighted by atomic mass is 16.7. The predicted molar refractivity (Wildman–Crippen MR) is 60.9 cm³/mol. The van der Waals surface area contributed by atoms with Crippen molar-refractivity contribution in [2.45, 2.75) is 38.3 Å². The van der Waals surface area contributed by atoms with Crippen LogP contribution < -0.4 is 0 Å². The number of aliphatic hydroxyl groups excluding tert-OH is 1. The van der Waals surface area contributed by atoms with Crippen LogP contribution in [0.25, 0.3) is 0 Å². The van der Waals surface area contributed by atoms with E-state index in [4.69, 9.17) is 14.6 Å². The summed E-state index contributed by atoms with van der Waals surface area (Å²) in [6.45, 7) is 3.92.